The van der Waals surface area contributed by atoms with Crippen LogP contribution in [0.5, 0.6) is 0 Å². The minimum absolute atomic E-state index is 0.0420. The lowest BCUT2D eigenvalue weighted by molar-refractivity contribution is 0.0974. The Bertz CT molecular complexity index is 601. The van der Waals surface area contributed by atoms with Crippen LogP contribution in [-0.4, -0.2) is 10.4 Å². The number of hydrogen-bond acceptors (Lipinski definition) is 3. The van der Waals surface area contributed by atoms with E-state index in [4.69, 9.17) is 0 Å². The van der Waals surface area contributed by atoms with Gasteiger partial charge in [0.05, 0.1) is 15.9 Å². The van der Waals surface area contributed by atoms with Crippen LogP contribution in [0.25, 0.3) is 0 Å². The Labute approximate surface area is 111 Å². The van der Waals surface area contributed by atoms with Gasteiger partial charge in [0.15, 0.2) is 5.78 Å². The van der Waals surface area contributed by atoms with E-state index in [2.05, 4.69) is 15.9 Å². The van der Waals surface area contributed by atoms with Gasteiger partial charge in [-0.25, -0.2) is 0 Å². The first-order valence-electron chi connectivity index (χ1n) is 5.01. The monoisotopic (exact) mass is 311 g/mol. The van der Waals surface area contributed by atoms with Gasteiger partial charge in [-0.3, -0.25) is 9.59 Å². The third kappa shape index (κ3) is 2.73. The van der Waals surface area contributed by atoms with Gasteiger partial charge in [-0.2, -0.15) is 0 Å². The molecule has 0 aliphatic rings. The van der Waals surface area contributed by atoms with E-state index in [0.29, 0.717) is 9.35 Å². The van der Waals surface area contributed by atoms with E-state index in [0.717, 1.165) is 5.56 Å². The molecule has 0 radical (unpaired) electrons. The highest BCUT2D eigenvalue weighted by Crippen LogP contribution is 2.11. The first-order valence-corrected chi connectivity index (χ1v) is 6.68. The van der Waals surface area contributed by atoms with Crippen LogP contribution in [0.1, 0.15) is 15.2 Å². The van der Waals surface area contributed by atoms with E-state index in [1.165, 1.54) is 15.9 Å². The summed E-state index contributed by atoms with van der Waals surface area (Å²) in [6.07, 6.45) is 1.69. The molecule has 5 heteroatoms. The molecular weight excluding hydrogens is 302 g/mol. The van der Waals surface area contributed by atoms with Crippen LogP contribution >= 0.6 is 27.3 Å². The second-order valence-electron chi connectivity index (χ2n) is 3.70. The number of hydrogen-bond donors (Lipinski definition) is 0. The molecule has 0 fully saturated rings. The number of thiophene rings is 1. The maximum Gasteiger partial charge on any atom is 0.265 e. The topological polar surface area (TPSA) is 39.1 Å². The van der Waals surface area contributed by atoms with Gasteiger partial charge < -0.3 is 4.57 Å². The summed E-state index contributed by atoms with van der Waals surface area (Å²) in [6, 6.07) is 5.34. The summed E-state index contributed by atoms with van der Waals surface area (Å²) in [6.45, 7) is 1.97. The number of ketones is 1. The number of rotatable bonds is 3. The van der Waals surface area contributed by atoms with E-state index in [9.17, 15) is 9.59 Å². The number of carbonyl (C=O) groups excluding carboxylic acids is 1. The Morgan fingerprint density at radius 3 is 2.94 bits per heavy atom. The fraction of sp³-hybridized carbons (Fsp3) is 0.167. The van der Waals surface area contributed by atoms with Crippen molar-refractivity contribution in [3.05, 3.63) is 55.0 Å². The van der Waals surface area contributed by atoms with E-state index in [1.54, 1.807) is 18.3 Å². The third-order valence-corrected chi connectivity index (χ3v) is 3.77. The zero-order valence-electron chi connectivity index (χ0n) is 9.14. The standard InChI is InChI=1S/C12H10BrNO2S/c1-8-5-9(13)12(16)14(6-8)7-10(15)11-3-2-4-17-11/h2-6H,7H2,1H3. The summed E-state index contributed by atoms with van der Waals surface area (Å²) in [5.41, 5.74) is 0.760. The van der Waals surface area contributed by atoms with Crippen LogP contribution in [0.15, 0.2) is 39.0 Å². The van der Waals surface area contributed by atoms with Gasteiger partial charge in [-0.1, -0.05) is 6.07 Å². The van der Waals surface area contributed by atoms with Gasteiger partial charge >= 0.3 is 0 Å². The van der Waals surface area contributed by atoms with Crippen molar-refractivity contribution >= 4 is 33.0 Å². The minimum Gasteiger partial charge on any atom is -0.306 e. The van der Waals surface area contributed by atoms with Crippen LogP contribution in [0.3, 0.4) is 0 Å². The van der Waals surface area contributed by atoms with Crippen LogP contribution in [0.2, 0.25) is 0 Å². The molecule has 0 unspecified atom stereocenters. The molecule has 0 aliphatic carbocycles. The van der Waals surface area contributed by atoms with Crippen LogP contribution in [-0.2, 0) is 6.54 Å². The summed E-state index contributed by atoms with van der Waals surface area (Å²) >= 11 is 4.58. The van der Waals surface area contributed by atoms with Crippen LogP contribution in [0, 0.1) is 6.92 Å². The number of carbonyl (C=O) groups is 1. The number of pyridine rings is 1. The molecule has 0 saturated carbocycles. The molecule has 0 atom stereocenters. The molecular formula is C12H10BrNO2S. The number of aryl methyl sites for hydroxylation is 1. The summed E-state index contributed by atoms with van der Waals surface area (Å²) in [7, 11) is 0. The lowest BCUT2D eigenvalue weighted by Gasteiger charge is -2.06. The van der Waals surface area contributed by atoms with Gasteiger partial charge in [-0.05, 0) is 45.9 Å². The van der Waals surface area contributed by atoms with Crippen molar-refractivity contribution in [3.8, 4) is 0 Å². The molecule has 0 bridgehead atoms. The van der Waals surface area contributed by atoms with E-state index < -0.39 is 0 Å². The first kappa shape index (κ1) is 12.3. The van der Waals surface area contributed by atoms with Crippen molar-refractivity contribution in [1.82, 2.24) is 4.57 Å². The van der Waals surface area contributed by atoms with Crippen molar-refractivity contribution in [2.75, 3.05) is 0 Å². The Morgan fingerprint density at radius 2 is 2.29 bits per heavy atom. The summed E-state index contributed by atoms with van der Waals surface area (Å²) in [4.78, 5) is 24.4. The quantitative estimate of drug-likeness (QED) is 0.818. The fourth-order valence-electron chi connectivity index (χ4n) is 1.53. The Morgan fingerprint density at radius 1 is 1.53 bits per heavy atom. The molecule has 88 valence electrons. The number of halogens is 1. The maximum atomic E-state index is 11.9. The minimum atomic E-state index is -0.180. The van der Waals surface area contributed by atoms with Crippen molar-refractivity contribution < 1.29 is 4.79 Å². The predicted molar refractivity (Wildman–Crippen MR) is 71.8 cm³/mol. The molecule has 2 aromatic heterocycles. The highest BCUT2D eigenvalue weighted by atomic mass is 79.9. The summed E-state index contributed by atoms with van der Waals surface area (Å²) in [5, 5.41) is 1.85. The first-order chi connectivity index (χ1) is 8.08. The largest absolute Gasteiger partial charge is 0.306 e. The Balaban J connectivity index is 2.31. The molecule has 0 aromatic carbocycles. The van der Waals surface area contributed by atoms with Crippen molar-refractivity contribution in [2.45, 2.75) is 13.5 Å². The Hall–Kier alpha value is -1.20. The molecule has 2 rings (SSSR count). The summed E-state index contributed by atoms with van der Waals surface area (Å²) < 4.78 is 1.91. The van der Waals surface area contributed by atoms with Gasteiger partial charge in [0.25, 0.3) is 5.56 Å². The molecule has 2 heterocycles. The molecule has 2 aromatic rings. The fourth-order valence-corrected chi connectivity index (χ4v) is 2.77. The molecule has 3 nitrogen and oxygen atoms in total. The van der Waals surface area contributed by atoms with Gasteiger partial charge in [-0.15, -0.1) is 11.3 Å². The highest BCUT2D eigenvalue weighted by Gasteiger charge is 2.10. The Kier molecular flexibility index (Phi) is 3.59. The molecule has 0 saturated heterocycles. The lowest BCUT2D eigenvalue weighted by Crippen LogP contribution is -2.24. The molecule has 0 aliphatic heterocycles. The van der Waals surface area contributed by atoms with Gasteiger partial charge in [0.1, 0.15) is 0 Å². The number of aromatic nitrogens is 1. The second-order valence-corrected chi connectivity index (χ2v) is 5.50. The number of nitrogens with zero attached hydrogens (tertiary/aromatic N) is 1. The van der Waals surface area contributed by atoms with Gasteiger partial charge in [0.2, 0.25) is 0 Å². The van der Waals surface area contributed by atoms with Crippen molar-refractivity contribution in [1.29, 1.82) is 0 Å². The smallest absolute Gasteiger partial charge is 0.265 e. The normalized spacial score (nSPS) is 10.5. The average Bonchev–Trinajstić information content (AvgIpc) is 2.78. The maximum absolute atomic E-state index is 11.9. The molecule has 0 spiro atoms. The third-order valence-electron chi connectivity index (χ3n) is 2.29. The highest BCUT2D eigenvalue weighted by molar-refractivity contribution is 9.10. The van der Waals surface area contributed by atoms with Crippen LogP contribution in [0.4, 0.5) is 0 Å². The molecule has 0 amide bonds. The van der Waals surface area contributed by atoms with Gasteiger partial charge in [0, 0.05) is 6.20 Å². The lowest BCUT2D eigenvalue weighted by atomic mass is 10.3. The van der Waals surface area contributed by atoms with E-state index in [1.807, 2.05) is 18.4 Å². The summed E-state index contributed by atoms with van der Waals surface area (Å²) in [5.74, 6) is -0.0420. The zero-order chi connectivity index (χ0) is 12.4. The van der Waals surface area contributed by atoms with E-state index >= 15 is 0 Å². The van der Waals surface area contributed by atoms with Crippen molar-refractivity contribution in [3.63, 3.8) is 0 Å². The number of Topliss-reactive ketones (excluding diaryl/α,β-unsaturated/α-hetero) is 1. The molecule has 17 heavy (non-hydrogen) atoms. The van der Waals surface area contributed by atoms with Crippen LogP contribution < -0.4 is 5.56 Å². The zero-order valence-corrected chi connectivity index (χ0v) is 11.5. The van der Waals surface area contributed by atoms with E-state index in [-0.39, 0.29) is 17.9 Å². The predicted octanol–water partition coefficient (Wildman–Crippen LogP) is 2.86. The SMILES string of the molecule is Cc1cc(Br)c(=O)n(CC(=O)c2cccs2)c1. The molecule has 0 N–H and O–H groups in total. The second kappa shape index (κ2) is 4.98. The average molecular weight is 312 g/mol. The van der Waals surface area contributed by atoms with Crippen molar-refractivity contribution in [2.24, 2.45) is 0 Å².